The van der Waals surface area contributed by atoms with E-state index in [1.54, 1.807) is 20.8 Å². The summed E-state index contributed by atoms with van der Waals surface area (Å²) < 4.78 is 60.6. The van der Waals surface area contributed by atoms with Crippen molar-refractivity contribution in [1.29, 1.82) is 0 Å². The third-order valence-corrected chi connectivity index (χ3v) is 5.03. The van der Waals surface area contributed by atoms with Gasteiger partial charge in [0.2, 0.25) is 0 Å². The maximum absolute atomic E-state index is 12.4. The number of ether oxygens (including phenoxy) is 2. The molecule has 0 aromatic heterocycles. The minimum Gasteiger partial charge on any atom is -0.444 e. The Morgan fingerprint density at radius 2 is 1.87 bits per heavy atom. The molecule has 0 aliphatic carbocycles. The van der Waals surface area contributed by atoms with Gasteiger partial charge in [0.1, 0.15) is 11.4 Å². The molecule has 12 heteroatoms. The first-order chi connectivity index (χ1) is 14.3. The Bertz CT molecular complexity index is 843. The number of alkyl carbamates (subject to hydrolysis) is 1. The lowest BCUT2D eigenvalue weighted by atomic mass is 10.1. The molecule has 0 bridgehead atoms. The summed E-state index contributed by atoms with van der Waals surface area (Å²) in [5.41, 5.74) is -0.690. The topological polar surface area (TPSA) is 123 Å². The van der Waals surface area contributed by atoms with Gasteiger partial charge < -0.3 is 20.1 Å². The predicted molar refractivity (Wildman–Crippen MR) is 109 cm³/mol. The largest absolute Gasteiger partial charge is 0.444 e. The van der Waals surface area contributed by atoms with Crippen LogP contribution in [0.3, 0.4) is 0 Å². The van der Waals surface area contributed by atoms with E-state index in [0.717, 1.165) is 31.0 Å². The lowest BCUT2D eigenvalue weighted by molar-refractivity contribution is -0.0500. The van der Waals surface area contributed by atoms with Crippen molar-refractivity contribution < 1.29 is 36.3 Å². The van der Waals surface area contributed by atoms with Crippen LogP contribution in [0.25, 0.3) is 0 Å². The number of carbonyl (C=O) groups excluding carboxylic acids is 2. The van der Waals surface area contributed by atoms with E-state index < -0.39 is 45.3 Å². The molecular formula is C19H29F2N3O6S. The molecular weight excluding hydrogens is 436 g/mol. The minimum absolute atomic E-state index is 0.0279. The van der Waals surface area contributed by atoms with Gasteiger partial charge in [0.15, 0.2) is 0 Å². The van der Waals surface area contributed by atoms with Crippen LogP contribution in [0.1, 0.15) is 47.0 Å². The summed E-state index contributed by atoms with van der Waals surface area (Å²) in [6.45, 7) is 3.97. The quantitative estimate of drug-likeness (QED) is 0.487. The second-order valence-electron chi connectivity index (χ2n) is 7.65. The predicted octanol–water partition coefficient (Wildman–Crippen LogP) is 3.36. The molecule has 0 aliphatic heterocycles. The summed E-state index contributed by atoms with van der Waals surface area (Å²) >= 11 is 0. The highest BCUT2D eigenvalue weighted by Gasteiger charge is 2.22. The normalized spacial score (nSPS) is 12.7. The van der Waals surface area contributed by atoms with Crippen LogP contribution in [-0.2, 0) is 14.8 Å². The van der Waals surface area contributed by atoms with Crippen LogP contribution >= 0.6 is 0 Å². The molecule has 3 N–H and O–H groups in total. The van der Waals surface area contributed by atoms with Crippen molar-refractivity contribution in [3.63, 3.8) is 0 Å². The lowest BCUT2D eigenvalue weighted by Crippen LogP contribution is -2.49. The number of carbonyl (C=O) groups is 2. The standard InChI is InChI=1S/C19H29F2N3O6S/c1-5-6-8-13(12-22-18(26)30-19(2,3)4)23-17(25)24-31(27,28)15-10-7-9-14(11-15)29-16(20)21/h7,9-11,13,16H,5-6,8,12H2,1-4H3,(H,22,26)(H2,23,24,25). The molecule has 176 valence electrons. The van der Waals surface area contributed by atoms with Gasteiger partial charge in [-0.15, -0.1) is 0 Å². The Morgan fingerprint density at radius 1 is 1.19 bits per heavy atom. The number of hydrogen-bond donors (Lipinski definition) is 3. The molecule has 0 heterocycles. The zero-order chi connectivity index (χ0) is 23.7. The van der Waals surface area contributed by atoms with E-state index >= 15 is 0 Å². The van der Waals surface area contributed by atoms with Crippen LogP contribution in [0.4, 0.5) is 18.4 Å². The van der Waals surface area contributed by atoms with Gasteiger partial charge in [-0.1, -0.05) is 25.8 Å². The van der Waals surface area contributed by atoms with Crippen LogP contribution in [-0.4, -0.2) is 45.3 Å². The number of alkyl halides is 2. The summed E-state index contributed by atoms with van der Waals surface area (Å²) in [6, 6.07) is 2.80. The summed E-state index contributed by atoms with van der Waals surface area (Å²) in [4.78, 5) is 23.6. The number of rotatable bonds is 10. The number of urea groups is 1. The molecule has 1 atom stereocenters. The fraction of sp³-hybridized carbons (Fsp3) is 0.579. The lowest BCUT2D eigenvalue weighted by Gasteiger charge is -2.22. The Kier molecular flexibility index (Phi) is 9.95. The molecule has 31 heavy (non-hydrogen) atoms. The second kappa shape index (κ2) is 11.7. The number of benzene rings is 1. The first-order valence-electron chi connectivity index (χ1n) is 9.67. The smallest absolute Gasteiger partial charge is 0.407 e. The monoisotopic (exact) mass is 465 g/mol. The number of hydrogen-bond acceptors (Lipinski definition) is 6. The first-order valence-corrected chi connectivity index (χ1v) is 11.2. The molecule has 1 aromatic carbocycles. The van der Waals surface area contributed by atoms with E-state index in [1.807, 2.05) is 11.6 Å². The van der Waals surface area contributed by atoms with Gasteiger partial charge in [0.25, 0.3) is 10.0 Å². The van der Waals surface area contributed by atoms with E-state index in [9.17, 15) is 26.8 Å². The van der Waals surface area contributed by atoms with Crippen LogP contribution in [0.2, 0.25) is 0 Å². The summed E-state index contributed by atoms with van der Waals surface area (Å²) in [6.07, 6.45) is 1.36. The third-order valence-electron chi connectivity index (χ3n) is 3.70. The van der Waals surface area contributed by atoms with Crippen molar-refractivity contribution >= 4 is 22.1 Å². The maximum atomic E-state index is 12.4. The molecule has 9 nitrogen and oxygen atoms in total. The van der Waals surface area contributed by atoms with Crippen LogP contribution in [0.5, 0.6) is 5.75 Å². The van der Waals surface area contributed by atoms with Crippen molar-refractivity contribution in [1.82, 2.24) is 15.4 Å². The third kappa shape index (κ3) is 10.8. The Morgan fingerprint density at radius 3 is 2.45 bits per heavy atom. The highest BCUT2D eigenvalue weighted by molar-refractivity contribution is 7.90. The van der Waals surface area contributed by atoms with E-state index in [1.165, 1.54) is 6.07 Å². The second-order valence-corrected chi connectivity index (χ2v) is 9.34. The fourth-order valence-electron chi connectivity index (χ4n) is 2.41. The zero-order valence-electron chi connectivity index (χ0n) is 17.9. The van der Waals surface area contributed by atoms with Crippen LogP contribution in [0, 0.1) is 0 Å². The van der Waals surface area contributed by atoms with Crippen molar-refractivity contribution in [3.8, 4) is 5.75 Å². The Hall–Kier alpha value is -2.63. The summed E-state index contributed by atoms with van der Waals surface area (Å²) in [5.74, 6) is -0.360. The number of nitrogens with one attached hydrogen (secondary N) is 3. The number of sulfonamides is 1. The minimum atomic E-state index is -4.34. The molecule has 1 unspecified atom stereocenters. The molecule has 0 fully saturated rings. The van der Waals surface area contributed by atoms with Crippen molar-refractivity contribution in [2.45, 2.75) is 70.1 Å². The Labute approximate surface area is 180 Å². The van der Waals surface area contributed by atoms with E-state index in [0.29, 0.717) is 6.42 Å². The van der Waals surface area contributed by atoms with Crippen LogP contribution < -0.4 is 20.1 Å². The van der Waals surface area contributed by atoms with Crippen molar-refractivity contribution in [3.05, 3.63) is 24.3 Å². The van der Waals surface area contributed by atoms with Gasteiger partial charge in [0, 0.05) is 18.7 Å². The summed E-state index contributed by atoms with van der Waals surface area (Å²) in [7, 11) is -4.34. The molecule has 0 saturated heterocycles. The SMILES string of the molecule is CCCCC(CNC(=O)OC(C)(C)C)NC(=O)NS(=O)(=O)c1cccc(OC(F)F)c1. The van der Waals surface area contributed by atoms with Crippen molar-refractivity contribution in [2.75, 3.05) is 6.54 Å². The van der Waals surface area contributed by atoms with E-state index in [4.69, 9.17) is 4.74 Å². The highest BCUT2D eigenvalue weighted by Crippen LogP contribution is 2.19. The molecule has 0 saturated carbocycles. The van der Waals surface area contributed by atoms with Crippen molar-refractivity contribution in [2.24, 2.45) is 0 Å². The number of unbranched alkanes of at least 4 members (excludes halogenated alkanes) is 1. The summed E-state index contributed by atoms with van der Waals surface area (Å²) in [5, 5.41) is 5.03. The fourth-order valence-corrected chi connectivity index (χ4v) is 3.36. The van der Waals surface area contributed by atoms with Gasteiger partial charge in [-0.3, -0.25) is 0 Å². The first kappa shape index (κ1) is 26.4. The molecule has 1 aromatic rings. The van der Waals surface area contributed by atoms with Gasteiger partial charge in [-0.25, -0.2) is 22.7 Å². The van der Waals surface area contributed by atoms with Crippen LogP contribution in [0.15, 0.2) is 29.2 Å². The molecule has 0 radical (unpaired) electrons. The highest BCUT2D eigenvalue weighted by atomic mass is 32.2. The number of halogens is 2. The molecule has 1 rings (SSSR count). The maximum Gasteiger partial charge on any atom is 0.407 e. The zero-order valence-corrected chi connectivity index (χ0v) is 18.7. The van der Waals surface area contributed by atoms with E-state index in [2.05, 4.69) is 15.4 Å². The van der Waals surface area contributed by atoms with E-state index in [-0.39, 0.29) is 12.3 Å². The Balaban J connectivity index is 2.76. The average Bonchev–Trinajstić information content (AvgIpc) is 2.61. The van der Waals surface area contributed by atoms with Gasteiger partial charge >= 0.3 is 18.7 Å². The number of amides is 3. The molecule has 0 spiro atoms. The van der Waals surface area contributed by atoms with Gasteiger partial charge in [-0.05, 0) is 39.3 Å². The average molecular weight is 466 g/mol. The molecule has 3 amide bonds. The van der Waals surface area contributed by atoms with Gasteiger partial charge in [-0.2, -0.15) is 8.78 Å². The molecule has 0 aliphatic rings. The van der Waals surface area contributed by atoms with Gasteiger partial charge in [0.05, 0.1) is 4.90 Å².